The molecule has 1 atom stereocenters. The van der Waals surface area contributed by atoms with Crippen molar-refractivity contribution in [3.05, 3.63) is 58.1 Å². The van der Waals surface area contributed by atoms with Crippen LogP contribution in [0.2, 0.25) is 0 Å². The number of hydrogen-bond acceptors (Lipinski definition) is 7. The fourth-order valence-electron chi connectivity index (χ4n) is 4.55. The van der Waals surface area contributed by atoms with Crippen molar-refractivity contribution < 1.29 is 19.4 Å². The zero-order valence-electron chi connectivity index (χ0n) is 19.3. The molecule has 2 aromatic carbocycles. The fourth-order valence-corrected chi connectivity index (χ4v) is 4.55. The Labute approximate surface area is 193 Å². The maximum atomic E-state index is 12.5. The van der Waals surface area contributed by atoms with Crippen LogP contribution in [0.5, 0.6) is 0 Å². The van der Waals surface area contributed by atoms with E-state index in [9.17, 15) is 4.79 Å². The lowest BCUT2D eigenvalue weighted by Gasteiger charge is -2.23. The van der Waals surface area contributed by atoms with Crippen molar-refractivity contribution in [2.75, 3.05) is 33.0 Å². The van der Waals surface area contributed by atoms with Crippen molar-refractivity contribution in [2.24, 2.45) is 0 Å². The molecule has 2 N–H and O–H groups in total. The quantitative estimate of drug-likeness (QED) is 0.360. The molecular weight excluding hydrogens is 420 g/mol. The number of carbonyl (C=O) groups is 1. The first-order valence-electron chi connectivity index (χ1n) is 11.6. The van der Waals surface area contributed by atoms with E-state index < -0.39 is 0 Å². The zero-order chi connectivity index (χ0) is 23.2. The highest BCUT2D eigenvalue weighted by Crippen LogP contribution is 2.35. The van der Waals surface area contributed by atoms with Gasteiger partial charge >= 0.3 is 5.97 Å². The van der Waals surface area contributed by atoms with Crippen LogP contribution in [0.3, 0.4) is 0 Å². The van der Waals surface area contributed by atoms with Gasteiger partial charge in [-0.1, -0.05) is 29.5 Å². The molecule has 8 heteroatoms. The number of ether oxygens (including phenoxy) is 2. The molecule has 0 bridgehead atoms. The first kappa shape index (κ1) is 23.4. The van der Waals surface area contributed by atoms with Crippen molar-refractivity contribution in [3.63, 3.8) is 0 Å². The summed E-state index contributed by atoms with van der Waals surface area (Å²) < 4.78 is 12.5. The van der Waals surface area contributed by atoms with Crippen LogP contribution in [-0.2, 0) is 33.8 Å². The minimum Gasteiger partial charge on any atom is -0.466 e. The smallest absolute Gasteiger partial charge is 0.306 e. The van der Waals surface area contributed by atoms with Crippen molar-refractivity contribution in [3.8, 4) is 0 Å². The number of aliphatic hydroxyl groups excluding tert-OH is 1. The molecule has 2 heterocycles. The molecule has 0 spiro atoms. The summed E-state index contributed by atoms with van der Waals surface area (Å²) in [5, 5.41) is 21.0. The molecule has 1 aliphatic rings. The predicted octanol–water partition coefficient (Wildman–Crippen LogP) is 2.48. The van der Waals surface area contributed by atoms with Gasteiger partial charge in [-0.15, -0.1) is 5.10 Å². The van der Waals surface area contributed by atoms with Crippen LogP contribution in [0.15, 0.2) is 30.3 Å². The highest BCUT2D eigenvalue weighted by Gasteiger charge is 2.24. The van der Waals surface area contributed by atoms with E-state index in [4.69, 9.17) is 14.6 Å². The second-order valence-electron chi connectivity index (χ2n) is 8.31. The van der Waals surface area contributed by atoms with Crippen LogP contribution < -0.4 is 5.32 Å². The number of esters is 1. The number of aromatic nitrogens is 3. The molecule has 1 aliphatic heterocycles. The maximum Gasteiger partial charge on any atom is 0.306 e. The Kier molecular flexibility index (Phi) is 7.69. The Balaban J connectivity index is 1.68. The van der Waals surface area contributed by atoms with Crippen LogP contribution in [-0.4, -0.2) is 59.0 Å². The molecular formula is C25H32N4O4. The molecule has 3 aromatic rings. The molecule has 0 saturated heterocycles. The van der Waals surface area contributed by atoms with Crippen LogP contribution in [0.1, 0.15) is 47.1 Å². The van der Waals surface area contributed by atoms with E-state index in [0.29, 0.717) is 26.4 Å². The van der Waals surface area contributed by atoms with E-state index in [-0.39, 0.29) is 24.9 Å². The van der Waals surface area contributed by atoms with Crippen molar-refractivity contribution in [2.45, 2.75) is 45.7 Å². The summed E-state index contributed by atoms with van der Waals surface area (Å²) in [5.74, 6) is -0.332. The molecule has 33 heavy (non-hydrogen) atoms. The lowest BCUT2D eigenvalue weighted by molar-refractivity contribution is -0.143. The van der Waals surface area contributed by atoms with Gasteiger partial charge in [-0.25, -0.2) is 4.68 Å². The van der Waals surface area contributed by atoms with Gasteiger partial charge in [-0.2, -0.15) is 0 Å². The van der Waals surface area contributed by atoms with Crippen molar-refractivity contribution in [1.29, 1.82) is 0 Å². The van der Waals surface area contributed by atoms with E-state index in [0.717, 1.165) is 47.2 Å². The molecule has 0 aliphatic carbocycles. The number of nitrogens with one attached hydrogen (secondary N) is 1. The van der Waals surface area contributed by atoms with E-state index >= 15 is 0 Å². The first-order chi connectivity index (χ1) is 16.1. The Morgan fingerprint density at radius 2 is 2.12 bits per heavy atom. The average Bonchev–Trinajstić information content (AvgIpc) is 3.24. The lowest BCUT2D eigenvalue weighted by atomic mass is 9.83. The first-order valence-corrected chi connectivity index (χ1v) is 11.6. The third-order valence-electron chi connectivity index (χ3n) is 6.24. The van der Waals surface area contributed by atoms with Crippen LogP contribution in [0.25, 0.3) is 11.0 Å². The van der Waals surface area contributed by atoms with Gasteiger partial charge in [0, 0.05) is 12.5 Å². The molecule has 0 saturated carbocycles. The summed E-state index contributed by atoms with van der Waals surface area (Å²) in [5.41, 5.74) is 7.59. The number of hydrogen-bond donors (Lipinski definition) is 2. The van der Waals surface area contributed by atoms with E-state index in [1.807, 2.05) is 24.6 Å². The third kappa shape index (κ3) is 5.24. The molecule has 4 rings (SSSR count). The van der Waals surface area contributed by atoms with Crippen LogP contribution in [0.4, 0.5) is 0 Å². The molecule has 176 valence electrons. The SMILES string of the molecule is CCOC(=O)CC(c1ccc2c(c1)CNCC2)c1ccc2c(nnn2CCOCCO)c1C. The molecule has 1 unspecified atom stereocenters. The van der Waals surface area contributed by atoms with Gasteiger partial charge in [-0.05, 0) is 60.7 Å². The number of benzene rings is 2. The van der Waals surface area contributed by atoms with E-state index in [2.05, 4.69) is 39.9 Å². The van der Waals surface area contributed by atoms with Gasteiger partial charge in [0.1, 0.15) is 5.52 Å². The Morgan fingerprint density at radius 1 is 1.24 bits per heavy atom. The molecule has 8 nitrogen and oxygen atoms in total. The summed E-state index contributed by atoms with van der Waals surface area (Å²) in [7, 11) is 0. The van der Waals surface area contributed by atoms with Crippen molar-refractivity contribution in [1.82, 2.24) is 20.3 Å². The molecule has 0 fully saturated rings. The number of rotatable bonds is 10. The number of aliphatic hydroxyl groups is 1. The standard InChI is InChI=1S/C25H32N4O4/c1-3-33-24(31)15-22(19-5-4-18-8-9-26-16-20(18)14-19)21-6-7-23-25(17(21)2)27-28-29(23)10-12-32-13-11-30/h4-7,14,22,26,30H,3,8-13,15-16H2,1-2H3. The topological polar surface area (TPSA) is 98.5 Å². The van der Waals surface area contributed by atoms with Crippen molar-refractivity contribution >= 4 is 17.0 Å². The Hall–Kier alpha value is -2.81. The highest BCUT2D eigenvalue weighted by molar-refractivity contribution is 5.80. The fraction of sp³-hybridized carbons (Fsp3) is 0.480. The Morgan fingerprint density at radius 3 is 2.94 bits per heavy atom. The monoisotopic (exact) mass is 452 g/mol. The van der Waals surface area contributed by atoms with Gasteiger partial charge in [-0.3, -0.25) is 4.79 Å². The summed E-state index contributed by atoms with van der Waals surface area (Å²) in [6, 6.07) is 10.7. The van der Waals surface area contributed by atoms with Gasteiger partial charge in [0.2, 0.25) is 0 Å². The largest absolute Gasteiger partial charge is 0.466 e. The molecule has 1 aromatic heterocycles. The van der Waals surface area contributed by atoms with Gasteiger partial charge in [0.15, 0.2) is 0 Å². The maximum absolute atomic E-state index is 12.5. The molecule has 0 amide bonds. The lowest BCUT2D eigenvalue weighted by Crippen LogP contribution is -2.24. The second kappa shape index (κ2) is 10.9. The minimum atomic E-state index is -0.206. The van der Waals surface area contributed by atoms with Gasteiger partial charge in [0.25, 0.3) is 0 Å². The normalized spacial score (nSPS) is 14.3. The summed E-state index contributed by atoms with van der Waals surface area (Å²) in [6.45, 7) is 7.39. The summed E-state index contributed by atoms with van der Waals surface area (Å²) in [6.07, 6.45) is 1.30. The second-order valence-corrected chi connectivity index (χ2v) is 8.31. The third-order valence-corrected chi connectivity index (χ3v) is 6.24. The number of nitrogens with zero attached hydrogens (tertiary/aromatic N) is 3. The van der Waals surface area contributed by atoms with Crippen LogP contribution >= 0.6 is 0 Å². The molecule has 0 radical (unpaired) electrons. The number of aryl methyl sites for hydroxylation is 1. The Bertz CT molecular complexity index is 1110. The average molecular weight is 453 g/mol. The summed E-state index contributed by atoms with van der Waals surface area (Å²) in [4.78, 5) is 12.5. The van der Waals surface area contributed by atoms with Gasteiger partial charge < -0.3 is 19.9 Å². The number of fused-ring (bicyclic) bond motifs is 2. The van der Waals surface area contributed by atoms with E-state index in [1.54, 1.807) is 0 Å². The number of carbonyl (C=O) groups excluding carboxylic acids is 1. The van der Waals surface area contributed by atoms with Gasteiger partial charge in [0.05, 0.1) is 44.9 Å². The minimum absolute atomic E-state index is 0.00117. The predicted molar refractivity (Wildman–Crippen MR) is 125 cm³/mol. The van der Waals surface area contributed by atoms with E-state index in [1.165, 1.54) is 11.1 Å². The highest BCUT2D eigenvalue weighted by atomic mass is 16.5. The zero-order valence-corrected chi connectivity index (χ0v) is 19.3. The van der Waals surface area contributed by atoms with Crippen LogP contribution in [0, 0.1) is 6.92 Å². The summed E-state index contributed by atoms with van der Waals surface area (Å²) >= 11 is 0.